The van der Waals surface area contributed by atoms with Gasteiger partial charge in [-0.05, 0) is 69.2 Å². The lowest BCUT2D eigenvalue weighted by atomic mass is 9.83. The molecule has 2 saturated carbocycles. The smallest absolute Gasteiger partial charge is 0.0107 e. The maximum Gasteiger partial charge on any atom is 0.0107 e. The Morgan fingerprint density at radius 1 is 1.28 bits per heavy atom. The second-order valence-electron chi connectivity index (χ2n) is 6.63. The second kappa shape index (κ2) is 6.75. The van der Waals surface area contributed by atoms with Gasteiger partial charge in [0.2, 0.25) is 0 Å². The van der Waals surface area contributed by atoms with Crippen LogP contribution in [-0.2, 0) is 0 Å². The van der Waals surface area contributed by atoms with E-state index in [1.807, 2.05) is 0 Å². The summed E-state index contributed by atoms with van der Waals surface area (Å²) < 4.78 is 0. The van der Waals surface area contributed by atoms with Crippen LogP contribution in [-0.4, -0.2) is 12.6 Å². The Morgan fingerprint density at radius 3 is 2.67 bits per heavy atom. The topological polar surface area (TPSA) is 12.0 Å². The van der Waals surface area contributed by atoms with Crippen molar-refractivity contribution in [2.45, 2.75) is 71.3 Å². The van der Waals surface area contributed by atoms with Gasteiger partial charge < -0.3 is 5.32 Å². The van der Waals surface area contributed by atoms with Crippen LogP contribution >= 0.6 is 0 Å². The number of fused-ring (bicyclic) bond motifs is 2. The molecule has 0 aromatic rings. The van der Waals surface area contributed by atoms with Crippen molar-refractivity contribution >= 4 is 0 Å². The Labute approximate surface area is 113 Å². The van der Waals surface area contributed by atoms with E-state index in [1.165, 1.54) is 50.6 Å². The molecule has 104 valence electrons. The molecule has 0 aliphatic heterocycles. The molecule has 2 fully saturated rings. The number of rotatable bonds is 8. The fourth-order valence-corrected chi connectivity index (χ4v) is 4.11. The van der Waals surface area contributed by atoms with E-state index < -0.39 is 0 Å². The Hall–Kier alpha value is -0.300. The normalized spacial score (nSPS) is 31.8. The molecule has 2 aliphatic rings. The van der Waals surface area contributed by atoms with Gasteiger partial charge in [0.25, 0.3) is 0 Å². The molecule has 2 rings (SSSR count). The summed E-state index contributed by atoms with van der Waals surface area (Å²) in [5, 5.41) is 3.76. The molecule has 0 spiro atoms. The first-order valence-electron chi connectivity index (χ1n) is 8.12. The molecule has 1 nitrogen and oxygen atoms in total. The van der Waals surface area contributed by atoms with Crippen molar-refractivity contribution < 1.29 is 0 Å². The molecule has 0 aromatic carbocycles. The van der Waals surface area contributed by atoms with Gasteiger partial charge in [0.15, 0.2) is 0 Å². The molecule has 2 aliphatic carbocycles. The first-order chi connectivity index (χ1) is 8.72. The molecule has 0 radical (unpaired) electrons. The quantitative estimate of drug-likeness (QED) is 0.623. The van der Waals surface area contributed by atoms with Gasteiger partial charge in [-0.3, -0.25) is 0 Å². The van der Waals surface area contributed by atoms with Crippen LogP contribution in [0.25, 0.3) is 0 Å². The lowest BCUT2D eigenvalue weighted by Crippen LogP contribution is -2.33. The average molecular weight is 249 g/mol. The molecular weight excluding hydrogens is 218 g/mol. The molecule has 0 heterocycles. The van der Waals surface area contributed by atoms with Crippen LogP contribution in [0, 0.1) is 17.8 Å². The third kappa shape index (κ3) is 3.60. The predicted octanol–water partition coefficient (Wildman–Crippen LogP) is 4.54. The maximum absolute atomic E-state index is 4.20. The number of hydrogen-bond acceptors (Lipinski definition) is 1. The van der Waals surface area contributed by atoms with Crippen molar-refractivity contribution in [1.29, 1.82) is 0 Å². The molecule has 1 heteroatoms. The fourth-order valence-electron chi connectivity index (χ4n) is 4.11. The highest BCUT2D eigenvalue weighted by atomic mass is 14.9. The SMILES string of the molecule is C=C(CC)CC(CC1CC2CCC1C2)NCCC. The minimum absolute atomic E-state index is 0.696. The summed E-state index contributed by atoms with van der Waals surface area (Å²) in [6.45, 7) is 9.87. The summed E-state index contributed by atoms with van der Waals surface area (Å²) in [5.74, 6) is 3.17. The van der Waals surface area contributed by atoms with E-state index in [0.29, 0.717) is 6.04 Å². The third-order valence-corrected chi connectivity index (χ3v) is 5.19. The zero-order valence-electron chi connectivity index (χ0n) is 12.4. The largest absolute Gasteiger partial charge is 0.314 e. The van der Waals surface area contributed by atoms with Crippen LogP contribution in [0.1, 0.15) is 65.2 Å². The number of hydrogen-bond donors (Lipinski definition) is 1. The van der Waals surface area contributed by atoms with Crippen molar-refractivity contribution in [2.75, 3.05) is 6.54 Å². The summed E-state index contributed by atoms with van der Waals surface area (Å²) in [6.07, 6.45) is 11.1. The zero-order chi connectivity index (χ0) is 13.0. The zero-order valence-corrected chi connectivity index (χ0v) is 12.4. The van der Waals surface area contributed by atoms with E-state index >= 15 is 0 Å². The highest BCUT2D eigenvalue weighted by molar-refractivity contribution is 4.99. The third-order valence-electron chi connectivity index (χ3n) is 5.19. The summed E-state index contributed by atoms with van der Waals surface area (Å²) in [5.41, 5.74) is 1.42. The van der Waals surface area contributed by atoms with Gasteiger partial charge in [-0.25, -0.2) is 0 Å². The van der Waals surface area contributed by atoms with Crippen LogP contribution in [0.5, 0.6) is 0 Å². The highest BCUT2D eigenvalue weighted by Crippen LogP contribution is 2.50. The monoisotopic (exact) mass is 249 g/mol. The van der Waals surface area contributed by atoms with Gasteiger partial charge in [-0.1, -0.05) is 32.4 Å². The maximum atomic E-state index is 4.20. The fraction of sp³-hybridized carbons (Fsp3) is 0.882. The Kier molecular flexibility index (Phi) is 5.29. The second-order valence-corrected chi connectivity index (χ2v) is 6.63. The van der Waals surface area contributed by atoms with Crippen LogP contribution in [0.4, 0.5) is 0 Å². The summed E-state index contributed by atoms with van der Waals surface area (Å²) in [6, 6.07) is 0.696. The minimum atomic E-state index is 0.696. The van der Waals surface area contributed by atoms with Gasteiger partial charge in [-0.2, -0.15) is 0 Å². The predicted molar refractivity (Wildman–Crippen MR) is 79.7 cm³/mol. The van der Waals surface area contributed by atoms with Crippen molar-refractivity contribution in [1.82, 2.24) is 5.32 Å². The Balaban J connectivity index is 1.82. The lowest BCUT2D eigenvalue weighted by Gasteiger charge is -2.28. The van der Waals surface area contributed by atoms with Crippen LogP contribution in [0.2, 0.25) is 0 Å². The van der Waals surface area contributed by atoms with E-state index in [-0.39, 0.29) is 0 Å². The van der Waals surface area contributed by atoms with Gasteiger partial charge >= 0.3 is 0 Å². The van der Waals surface area contributed by atoms with E-state index in [9.17, 15) is 0 Å². The first kappa shape index (κ1) is 14.1. The van der Waals surface area contributed by atoms with Gasteiger partial charge in [0, 0.05) is 6.04 Å². The molecule has 1 N–H and O–H groups in total. The van der Waals surface area contributed by atoms with Gasteiger partial charge in [0.1, 0.15) is 0 Å². The Morgan fingerprint density at radius 2 is 2.11 bits per heavy atom. The van der Waals surface area contributed by atoms with E-state index in [4.69, 9.17) is 0 Å². The number of nitrogens with one attached hydrogen (secondary N) is 1. The van der Waals surface area contributed by atoms with Crippen LogP contribution < -0.4 is 5.32 Å². The molecular formula is C17H31N. The molecule has 2 bridgehead atoms. The van der Waals surface area contributed by atoms with E-state index in [0.717, 1.165) is 24.2 Å². The summed E-state index contributed by atoms with van der Waals surface area (Å²) >= 11 is 0. The Bertz CT molecular complexity index is 271. The summed E-state index contributed by atoms with van der Waals surface area (Å²) in [7, 11) is 0. The summed E-state index contributed by atoms with van der Waals surface area (Å²) in [4.78, 5) is 0. The lowest BCUT2D eigenvalue weighted by molar-refractivity contribution is 0.276. The van der Waals surface area contributed by atoms with E-state index in [1.54, 1.807) is 6.42 Å². The van der Waals surface area contributed by atoms with Crippen LogP contribution in [0.15, 0.2) is 12.2 Å². The molecule has 0 aromatic heterocycles. The van der Waals surface area contributed by atoms with Gasteiger partial charge in [0.05, 0.1) is 0 Å². The molecule has 18 heavy (non-hydrogen) atoms. The highest BCUT2D eigenvalue weighted by Gasteiger charge is 2.39. The van der Waals surface area contributed by atoms with Crippen molar-refractivity contribution in [2.24, 2.45) is 17.8 Å². The molecule has 0 amide bonds. The van der Waals surface area contributed by atoms with E-state index in [2.05, 4.69) is 25.7 Å². The first-order valence-corrected chi connectivity index (χ1v) is 8.12. The molecule has 4 unspecified atom stereocenters. The molecule has 4 atom stereocenters. The standard InChI is InChI=1S/C17H31N/c1-4-8-18-17(9-13(3)5-2)12-16-11-14-6-7-15(16)10-14/h14-18H,3-12H2,1-2H3. The van der Waals surface area contributed by atoms with Crippen molar-refractivity contribution in [3.8, 4) is 0 Å². The van der Waals surface area contributed by atoms with Gasteiger partial charge in [-0.15, -0.1) is 0 Å². The average Bonchev–Trinajstić information content (AvgIpc) is 2.97. The van der Waals surface area contributed by atoms with Crippen LogP contribution in [0.3, 0.4) is 0 Å². The van der Waals surface area contributed by atoms with Crippen molar-refractivity contribution in [3.63, 3.8) is 0 Å². The minimum Gasteiger partial charge on any atom is -0.314 e. The molecule has 0 saturated heterocycles. The van der Waals surface area contributed by atoms with Crippen molar-refractivity contribution in [3.05, 3.63) is 12.2 Å².